The molecule has 0 spiro atoms. The molecule has 0 saturated carbocycles. The third-order valence-corrected chi connectivity index (χ3v) is 5.21. The average Bonchev–Trinajstić information content (AvgIpc) is 2.59. The minimum Gasteiger partial charge on any atom is -0.235 e. The van der Waals surface area contributed by atoms with Crippen LogP contribution < -0.4 is 0 Å². The van der Waals surface area contributed by atoms with Crippen LogP contribution in [0.2, 0.25) is 0 Å². The average molecular weight is 325 g/mol. The van der Waals surface area contributed by atoms with Gasteiger partial charge in [0.15, 0.2) is 4.60 Å². The zero-order valence-corrected chi connectivity index (χ0v) is 12.6. The lowest BCUT2D eigenvalue weighted by molar-refractivity contribution is 0.446. The number of unbranched alkanes of at least 4 members (excludes halogenated alkanes) is 2. The topological polar surface area (TPSA) is 68.1 Å². The second-order valence-electron chi connectivity index (χ2n) is 3.84. The van der Waals surface area contributed by atoms with Gasteiger partial charge in [-0.05, 0) is 22.4 Å². The van der Waals surface area contributed by atoms with Gasteiger partial charge in [-0.3, -0.25) is 0 Å². The summed E-state index contributed by atoms with van der Waals surface area (Å²) in [7, 11) is -0.379. The van der Waals surface area contributed by atoms with E-state index in [4.69, 9.17) is 0 Å². The number of aryl methyl sites for hydroxylation is 1. The van der Waals surface area contributed by atoms with Crippen molar-refractivity contribution in [1.82, 2.24) is 19.3 Å². The molecule has 17 heavy (non-hydrogen) atoms. The van der Waals surface area contributed by atoms with E-state index >= 15 is 0 Å². The Bertz CT molecular complexity index is 452. The van der Waals surface area contributed by atoms with E-state index < -0.39 is 10.0 Å². The number of nitrogens with zero attached hydrogens (tertiary/aromatic N) is 4. The molecule has 0 radical (unpaired) electrons. The molecule has 6 nitrogen and oxygen atoms in total. The molecule has 0 bridgehead atoms. The van der Waals surface area contributed by atoms with Gasteiger partial charge in [-0.25, -0.2) is 13.1 Å². The van der Waals surface area contributed by atoms with Gasteiger partial charge < -0.3 is 0 Å². The lowest BCUT2D eigenvalue weighted by Crippen LogP contribution is -2.29. The minimum absolute atomic E-state index is 0.0940. The molecule has 0 saturated heterocycles. The molecule has 1 aromatic rings. The fourth-order valence-corrected chi connectivity index (χ4v) is 3.68. The quantitative estimate of drug-likeness (QED) is 0.741. The number of aromatic nitrogens is 3. The first-order valence-corrected chi connectivity index (χ1v) is 7.66. The lowest BCUT2D eigenvalue weighted by Gasteiger charge is -2.16. The van der Waals surface area contributed by atoms with Gasteiger partial charge in [-0.2, -0.15) is 4.31 Å². The van der Waals surface area contributed by atoms with Crippen LogP contribution in [-0.4, -0.2) is 41.3 Å². The van der Waals surface area contributed by atoms with Crippen LogP contribution in [0.4, 0.5) is 0 Å². The molecule has 0 aliphatic rings. The molecular weight excluding hydrogens is 308 g/mol. The van der Waals surface area contributed by atoms with E-state index in [0.717, 1.165) is 19.3 Å². The summed E-state index contributed by atoms with van der Waals surface area (Å²) in [6, 6.07) is 0. The maximum Gasteiger partial charge on any atom is 0.262 e. The molecule has 0 aromatic carbocycles. The van der Waals surface area contributed by atoms with Gasteiger partial charge in [0.25, 0.3) is 10.0 Å². The molecule has 1 aromatic heterocycles. The summed E-state index contributed by atoms with van der Waals surface area (Å²) in [4.78, 5) is 0. The molecule has 0 aliphatic heterocycles. The van der Waals surface area contributed by atoms with Gasteiger partial charge in [0.1, 0.15) is 0 Å². The van der Waals surface area contributed by atoms with E-state index in [1.807, 2.05) is 0 Å². The first-order valence-electron chi connectivity index (χ1n) is 5.42. The molecule has 0 N–H and O–H groups in total. The largest absolute Gasteiger partial charge is 0.262 e. The van der Waals surface area contributed by atoms with Crippen LogP contribution in [0.15, 0.2) is 9.63 Å². The van der Waals surface area contributed by atoms with Crippen LogP contribution in [0.1, 0.15) is 26.2 Å². The number of halogens is 1. The van der Waals surface area contributed by atoms with Gasteiger partial charge in [-0.1, -0.05) is 25.0 Å². The molecular formula is C9H17BrN4O2S. The Labute approximate surface area is 110 Å². The van der Waals surface area contributed by atoms with E-state index in [0.29, 0.717) is 6.54 Å². The van der Waals surface area contributed by atoms with Gasteiger partial charge >= 0.3 is 0 Å². The van der Waals surface area contributed by atoms with Crippen molar-refractivity contribution < 1.29 is 8.42 Å². The molecule has 0 amide bonds. The van der Waals surface area contributed by atoms with Crippen molar-refractivity contribution in [2.75, 3.05) is 13.6 Å². The standard InChI is InChI=1S/C9H17BrN4O2S/c1-4-5-6-7-13(2)17(15,16)9-8(10)11-12-14(9)3/h4-7H2,1-3H3. The summed E-state index contributed by atoms with van der Waals surface area (Å²) in [5.41, 5.74) is 0. The number of sulfonamides is 1. The van der Waals surface area contributed by atoms with Crippen molar-refractivity contribution in [3.8, 4) is 0 Å². The first kappa shape index (κ1) is 14.6. The molecule has 0 unspecified atom stereocenters. The zero-order chi connectivity index (χ0) is 13.1. The summed E-state index contributed by atoms with van der Waals surface area (Å²) in [6.07, 6.45) is 2.94. The predicted octanol–water partition coefficient (Wildman–Crippen LogP) is 1.39. The van der Waals surface area contributed by atoms with Crippen LogP contribution in [0, 0.1) is 0 Å². The van der Waals surface area contributed by atoms with Crippen LogP contribution in [0.3, 0.4) is 0 Å². The third-order valence-electron chi connectivity index (χ3n) is 2.47. The first-order chi connectivity index (χ1) is 7.91. The zero-order valence-electron chi connectivity index (χ0n) is 10.2. The number of hydrogen-bond donors (Lipinski definition) is 0. The molecule has 8 heteroatoms. The molecule has 0 fully saturated rings. The maximum absolute atomic E-state index is 12.2. The fraction of sp³-hybridized carbons (Fsp3) is 0.778. The molecule has 0 aliphatic carbocycles. The highest BCUT2D eigenvalue weighted by molar-refractivity contribution is 9.10. The highest BCUT2D eigenvalue weighted by atomic mass is 79.9. The predicted molar refractivity (Wildman–Crippen MR) is 68.0 cm³/mol. The Hall–Kier alpha value is -0.470. The van der Waals surface area contributed by atoms with E-state index in [1.165, 1.54) is 8.99 Å². The van der Waals surface area contributed by atoms with Crippen molar-refractivity contribution in [3.63, 3.8) is 0 Å². The van der Waals surface area contributed by atoms with Crippen molar-refractivity contribution in [2.24, 2.45) is 7.05 Å². The van der Waals surface area contributed by atoms with Crippen molar-refractivity contribution in [3.05, 3.63) is 4.60 Å². The molecule has 0 atom stereocenters. The highest BCUT2D eigenvalue weighted by Crippen LogP contribution is 2.21. The monoisotopic (exact) mass is 324 g/mol. The van der Waals surface area contributed by atoms with Crippen LogP contribution in [0.25, 0.3) is 0 Å². The second kappa shape index (κ2) is 5.92. The normalized spacial score (nSPS) is 12.3. The summed E-state index contributed by atoms with van der Waals surface area (Å²) in [5, 5.41) is 7.45. The molecule has 1 rings (SSSR count). The van der Waals surface area contributed by atoms with Crippen molar-refractivity contribution >= 4 is 26.0 Å². The van der Waals surface area contributed by atoms with Crippen molar-refractivity contribution in [2.45, 2.75) is 31.2 Å². The summed E-state index contributed by atoms with van der Waals surface area (Å²) in [5.74, 6) is 0. The SMILES string of the molecule is CCCCCN(C)S(=O)(=O)c1c(Br)nnn1C. The van der Waals surface area contributed by atoms with Crippen LogP contribution in [0.5, 0.6) is 0 Å². The summed E-state index contributed by atoms with van der Waals surface area (Å²) < 4.78 is 27.3. The van der Waals surface area contributed by atoms with Crippen LogP contribution >= 0.6 is 15.9 Å². The Morgan fingerprint density at radius 3 is 2.53 bits per heavy atom. The minimum atomic E-state index is -3.51. The van der Waals surface area contributed by atoms with Gasteiger partial charge in [0.05, 0.1) is 0 Å². The third kappa shape index (κ3) is 3.26. The lowest BCUT2D eigenvalue weighted by atomic mass is 10.2. The number of rotatable bonds is 6. The van der Waals surface area contributed by atoms with Crippen molar-refractivity contribution in [1.29, 1.82) is 0 Å². The van der Waals surface area contributed by atoms with E-state index in [2.05, 4.69) is 33.2 Å². The summed E-state index contributed by atoms with van der Waals surface area (Å²) >= 11 is 3.10. The Morgan fingerprint density at radius 1 is 1.41 bits per heavy atom. The van der Waals surface area contributed by atoms with E-state index in [9.17, 15) is 8.42 Å². The highest BCUT2D eigenvalue weighted by Gasteiger charge is 2.27. The van der Waals surface area contributed by atoms with Gasteiger partial charge in [0, 0.05) is 20.6 Å². The molecule has 98 valence electrons. The Morgan fingerprint density at radius 2 is 2.06 bits per heavy atom. The fourth-order valence-electron chi connectivity index (χ4n) is 1.45. The maximum atomic E-state index is 12.2. The molecule has 1 heterocycles. The smallest absolute Gasteiger partial charge is 0.235 e. The Kier molecular flexibility index (Phi) is 5.08. The summed E-state index contributed by atoms with van der Waals surface area (Å²) in [6.45, 7) is 2.59. The second-order valence-corrected chi connectivity index (χ2v) is 6.55. The van der Waals surface area contributed by atoms with E-state index in [1.54, 1.807) is 14.1 Å². The van der Waals surface area contributed by atoms with E-state index in [-0.39, 0.29) is 9.63 Å². The van der Waals surface area contributed by atoms with Gasteiger partial charge in [-0.15, -0.1) is 5.10 Å². The van der Waals surface area contributed by atoms with Gasteiger partial charge in [0.2, 0.25) is 5.03 Å². The van der Waals surface area contributed by atoms with Crippen LogP contribution in [-0.2, 0) is 17.1 Å². The Balaban J connectivity index is 2.88. The number of hydrogen-bond acceptors (Lipinski definition) is 4.